The van der Waals surface area contributed by atoms with Crippen molar-refractivity contribution in [1.82, 2.24) is 10.6 Å². The van der Waals surface area contributed by atoms with Crippen LogP contribution in [-0.2, 0) is 6.54 Å². The smallest absolute Gasteiger partial charge is 0.191 e. The molecule has 0 bridgehead atoms. The molecule has 0 spiro atoms. The van der Waals surface area contributed by atoms with Crippen LogP contribution in [0.5, 0.6) is 0 Å². The Morgan fingerprint density at radius 1 is 1.42 bits per heavy atom. The van der Waals surface area contributed by atoms with Crippen molar-refractivity contribution in [3.05, 3.63) is 24.2 Å². The Hall–Kier alpha value is -0.370. The molecule has 108 valence electrons. The number of aliphatic imine (C=N–C) groups is 1. The maximum atomic E-state index is 5.03. The summed E-state index contributed by atoms with van der Waals surface area (Å²) in [6.07, 6.45) is 6.07. The highest BCUT2D eigenvalue weighted by Gasteiger charge is 2.13. The van der Waals surface area contributed by atoms with Gasteiger partial charge in [-0.3, -0.25) is 4.99 Å². The van der Waals surface area contributed by atoms with Crippen molar-refractivity contribution in [3.8, 4) is 0 Å². The molecule has 4 nitrogen and oxygen atoms in total. The van der Waals surface area contributed by atoms with Gasteiger partial charge in [0.25, 0.3) is 0 Å². The number of nitrogens with one attached hydrogen (secondary N) is 2. The molecule has 19 heavy (non-hydrogen) atoms. The Morgan fingerprint density at radius 3 is 2.84 bits per heavy atom. The fraction of sp³-hybridized carbons (Fsp3) is 0.615. The predicted octanol–water partition coefficient (Wildman–Crippen LogP) is 2.71. The molecule has 0 aliphatic carbocycles. The van der Waals surface area contributed by atoms with E-state index in [1.54, 1.807) is 19.6 Å². The first kappa shape index (κ1) is 16.7. The van der Waals surface area contributed by atoms with Crippen molar-refractivity contribution < 1.29 is 4.42 Å². The molecule has 1 aliphatic heterocycles. The summed E-state index contributed by atoms with van der Waals surface area (Å²) in [6.45, 7) is 1.77. The summed E-state index contributed by atoms with van der Waals surface area (Å²) < 4.78 is 5.03. The van der Waals surface area contributed by atoms with Crippen molar-refractivity contribution in [2.24, 2.45) is 10.9 Å². The molecule has 6 heteroatoms. The van der Waals surface area contributed by atoms with E-state index < -0.39 is 0 Å². The van der Waals surface area contributed by atoms with Gasteiger partial charge in [0.1, 0.15) is 0 Å². The zero-order valence-corrected chi connectivity index (χ0v) is 14.4. The highest BCUT2D eigenvalue weighted by Crippen LogP contribution is 2.21. The zero-order chi connectivity index (χ0) is 12.6. The van der Waals surface area contributed by atoms with E-state index in [0.717, 1.165) is 30.5 Å². The molecule has 1 aliphatic rings. The highest BCUT2D eigenvalue weighted by molar-refractivity contribution is 14.0. The van der Waals surface area contributed by atoms with E-state index in [-0.39, 0.29) is 24.0 Å². The zero-order valence-electron chi connectivity index (χ0n) is 11.2. The molecule has 1 fully saturated rings. The SMILES string of the molecule is CN=C(NCc1ccoc1)NCC1CCSCC1.I. The van der Waals surface area contributed by atoms with Crippen LogP contribution in [0.4, 0.5) is 0 Å². The van der Waals surface area contributed by atoms with E-state index >= 15 is 0 Å². The lowest BCUT2D eigenvalue weighted by atomic mass is 10.0. The van der Waals surface area contributed by atoms with E-state index in [9.17, 15) is 0 Å². The van der Waals surface area contributed by atoms with Crippen molar-refractivity contribution in [1.29, 1.82) is 0 Å². The summed E-state index contributed by atoms with van der Waals surface area (Å²) in [4.78, 5) is 4.23. The van der Waals surface area contributed by atoms with Gasteiger partial charge in [0.15, 0.2) is 5.96 Å². The number of hydrogen-bond acceptors (Lipinski definition) is 3. The number of halogens is 1. The molecule has 0 radical (unpaired) electrons. The number of hydrogen-bond donors (Lipinski definition) is 2. The van der Waals surface area contributed by atoms with E-state index in [1.165, 1.54) is 24.3 Å². The van der Waals surface area contributed by atoms with Gasteiger partial charge in [0.05, 0.1) is 12.5 Å². The first-order valence-electron chi connectivity index (χ1n) is 6.42. The molecule has 1 aromatic heterocycles. The maximum absolute atomic E-state index is 5.03. The minimum absolute atomic E-state index is 0. The number of rotatable bonds is 4. The average Bonchev–Trinajstić information content (AvgIpc) is 2.93. The second-order valence-electron chi connectivity index (χ2n) is 4.49. The molecule has 0 atom stereocenters. The minimum atomic E-state index is 0. The Kier molecular flexibility index (Phi) is 8.36. The first-order chi connectivity index (χ1) is 8.88. The predicted molar refractivity (Wildman–Crippen MR) is 92.4 cm³/mol. The lowest BCUT2D eigenvalue weighted by Gasteiger charge is -2.22. The number of furan rings is 1. The molecular formula is C13H22IN3OS. The standard InChI is InChI=1S/C13H21N3OS.HI/c1-14-13(16-9-12-2-5-17-10-12)15-8-11-3-6-18-7-4-11;/h2,5,10-11H,3-4,6-9H2,1H3,(H2,14,15,16);1H. The van der Waals surface area contributed by atoms with Crippen LogP contribution < -0.4 is 10.6 Å². The fourth-order valence-corrected chi connectivity index (χ4v) is 3.20. The van der Waals surface area contributed by atoms with E-state index in [2.05, 4.69) is 27.4 Å². The molecule has 2 heterocycles. The Labute approximate surface area is 136 Å². The fourth-order valence-electron chi connectivity index (χ4n) is 1.99. The minimum Gasteiger partial charge on any atom is -0.472 e. The van der Waals surface area contributed by atoms with Gasteiger partial charge in [-0.2, -0.15) is 11.8 Å². The first-order valence-corrected chi connectivity index (χ1v) is 7.57. The second-order valence-corrected chi connectivity index (χ2v) is 5.72. The monoisotopic (exact) mass is 395 g/mol. The normalized spacial score (nSPS) is 16.8. The van der Waals surface area contributed by atoms with Gasteiger partial charge in [0, 0.05) is 25.7 Å². The molecule has 1 saturated heterocycles. The van der Waals surface area contributed by atoms with Crippen LogP contribution in [0.2, 0.25) is 0 Å². The molecule has 0 unspecified atom stereocenters. The molecule has 0 aromatic carbocycles. The molecule has 2 rings (SSSR count). The van der Waals surface area contributed by atoms with Gasteiger partial charge in [-0.15, -0.1) is 24.0 Å². The summed E-state index contributed by atoms with van der Waals surface area (Å²) in [5.74, 6) is 4.26. The van der Waals surface area contributed by atoms with Crippen molar-refractivity contribution in [2.75, 3.05) is 25.1 Å². The van der Waals surface area contributed by atoms with Crippen LogP contribution >= 0.6 is 35.7 Å². The van der Waals surface area contributed by atoms with Gasteiger partial charge in [0.2, 0.25) is 0 Å². The van der Waals surface area contributed by atoms with Gasteiger partial charge >= 0.3 is 0 Å². The average molecular weight is 395 g/mol. The maximum Gasteiger partial charge on any atom is 0.191 e. The lowest BCUT2D eigenvalue weighted by molar-refractivity contribution is 0.479. The van der Waals surface area contributed by atoms with E-state index in [0.29, 0.717) is 0 Å². The lowest BCUT2D eigenvalue weighted by Crippen LogP contribution is -2.39. The van der Waals surface area contributed by atoms with Crippen molar-refractivity contribution in [3.63, 3.8) is 0 Å². The molecular weight excluding hydrogens is 373 g/mol. The Bertz CT molecular complexity index is 364. The van der Waals surface area contributed by atoms with Crippen LogP contribution in [0, 0.1) is 5.92 Å². The molecule has 2 N–H and O–H groups in total. The van der Waals surface area contributed by atoms with Crippen LogP contribution in [0.1, 0.15) is 18.4 Å². The van der Waals surface area contributed by atoms with Crippen molar-refractivity contribution >= 4 is 41.7 Å². The third-order valence-corrected chi connectivity index (χ3v) is 4.21. The molecule has 0 amide bonds. The quantitative estimate of drug-likeness (QED) is 0.468. The van der Waals surface area contributed by atoms with Crippen molar-refractivity contribution in [2.45, 2.75) is 19.4 Å². The summed E-state index contributed by atoms with van der Waals surface area (Å²) in [5.41, 5.74) is 1.13. The number of thioether (sulfide) groups is 1. The van der Waals surface area contributed by atoms with Gasteiger partial charge in [-0.25, -0.2) is 0 Å². The Morgan fingerprint density at radius 2 is 2.21 bits per heavy atom. The summed E-state index contributed by atoms with van der Waals surface area (Å²) in [6, 6.07) is 1.96. The van der Waals surface area contributed by atoms with Gasteiger partial charge in [-0.1, -0.05) is 0 Å². The highest BCUT2D eigenvalue weighted by atomic mass is 127. The van der Waals surface area contributed by atoms with Crippen LogP contribution in [0.3, 0.4) is 0 Å². The topological polar surface area (TPSA) is 49.6 Å². The van der Waals surface area contributed by atoms with Crippen LogP contribution in [-0.4, -0.2) is 31.1 Å². The third-order valence-electron chi connectivity index (χ3n) is 3.16. The number of guanidine groups is 1. The Balaban J connectivity index is 0.00000180. The third kappa shape index (κ3) is 6.07. The summed E-state index contributed by atoms with van der Waals surface area (Å²) in [5, 5.41) is 6.69. The van der Waals surface area contributed by atoms with E-state index in [1.807, 2.05) is 6.07 Å². The molecule has 0 saturated carbocycles. The van der Waals surface area contributed by atoms with Gasteiger partial charge < -0.3 is 15.1 Å². The molecule has 1 aromatic rings. The largest absolute Gasteiger partial charge is 0.472 e. The number of nitrogens with zero attached hydrogens (tertiary/aromatic N) is 1. The summed E-state index contributed by atoms with van der Waals surface area (Å²) in [7, 11) is 1.81. The van der Waals surface area contributed by atoms with Gasteiger partial charge in [-0.05, 0) is 36.3 Å². The summed E-state index contributed by atoms with van der Waals surface area (Å²) >= 11 is 2.06. The van der Waals surface area contributed by atoms with Crippen LogP contribution in [0.25, 0.3) is 0 Å². The van der Waals surface area contributed by atoms with E-state index in [4.69, 9.17) is 4.42 Å². The van der Waals surface area contributed by atoms with Crippen LogP contribution in [0.15, 0.2) is 28.0 Å². The second kappa shape index (κ2) is 9.52.